The van der Waals surface area contributed by atoms with Crippen LogP contribution < -0.4 is 10.1 Å². The third-order valence-electron chi connectivity index (χ3n) is 5.64. The number of benzene rings is 1. The summed E-state index contributed by atoms with van der Waals surface area (Å²) in [5.41, 5.74) is 0.896. The van der Waals surface area contributed by atoms with Crippen LogP contribution in [0.4, 0.5) is 5.82 Å². The molecule has 4 rings (SSSR count). The number of amides is 2. The summed E-state index contributed by atoms with van der Waals surface area (Å²) in [5.74, 6) is 1.75. The number of aryl methyl sites for hydroxylation is 1. The number of carbonyl (C=O) groups excluding carboxylic acids is 2. The molecule has 0 bridgehead atoms. The molecule has 0 spiro atoms. The normalized spacial score (nSPS) is 14.4. The van der Waals surface area contributed by atoms with Crippen LogP contribution in [0.3, 0.4) is 0 Å². The second-order valence-electron chi connectivity index (χ2n) is 7.80. The average Bonchev–Trinajstić information content (AvgIpc) is 3.49. The molecule has 1 saturated heterocycles. The van der Waals surface area contributed by atoms with Gasteiger partial charge in [0, 0.05) is 37.2 Å². The van der Waals surface area contributed by atoms with Crippen molar-refractivity contribution >= 4 is 17.6 Å². The molecule has 1 fully saturated rings. The first-order valence-electron chi connectivity index (χ1n) is 10.8. The minimum absolute atomic E-state index is 0.0909. The van der Waals surface area contributed by atoms with E-state index >= 15 is 0 Å². The third kappa shape index (κ3) is 4.66. The van der Waals surface area contributed by atoms with Crippen LogP contribution in [0.25, 0.3) is 0 Å². The van der Waals surface area contributed by atoms with Crippen LogP contribution in [0.2, 0.25) is 0 Å². The molecule has 0 unspecified atom stereocenters. The molecule has 3 heterocycles. The van der Waals surface area contributed by atoms with Gasteiger partial charge in [-0.25, -0.2) is 4.68 Å². The summed E-state index contributed by atoms with van der Waals surface area (Å²) in [6.07, 6.45) is 4.85. The van der Waals surface area contributed by atoms with Gasteiger partial charge in [-0.3, -0.25) is 9.59 Å². The van der Waals surface area contributed by atoms with Gasteiger partial charge in [0.1, 0.15) is 17.3 Å². The number of likely N-dealkylation sites (tertiary alicyclic amines) is 1. The summed E-state index contributed by atoms with van der Waals surface area (Å²) in [7, 11) is 1.59. The molecule has 3 aromatic rings. The van der Waals surface area contributed by atoms with Gasteiger partial charge in [0.05, 0.1) is 19.3 Å². The van der Waals surface area contributed by atoms with E-state index in [2.05, 4.69) is 22.5 Å². The Hall–Kier alpha value is -3.62. The first-order chi connectivity index (χ1) is 15.6. The number of hydrogen-bond donors (Lipinski definition) is 1. The molecule has 2 aromatic heterocycles. The number of nitrogens with zero attached hydrogens (tertiary/aromatic N) is 4. The van der Waals surface area contributed by atoms with Crippen LogP contribution in [-0.2, 0) is 6.42 Å². The molecular weight excluding hydrogens is 410 g/mol. The molecular formula is C23H27N5O4. The summed E-state index contributed by atoms with van der Waals surface area (Å²) in [4.78, 5) is 27.2. The Morgan fingerprint density at radius 2 is 1.94 bits per heavy atom. The van der Waals surface area contributed by atoms with E-state index in [0.29, 0.717) is 35.9 Å². The Labute approximate surface area is 186 Å². The third-order valence-corrected chi connectivity index (χ3v) is 5.64. The molecule has 0 aliphatic carbocycles. The van der Waals surface area contributed by atoms with Gasteiger partial charge < -0.3 is 19.5 Å². The number of piperidine rings is 1. The highest BCUT2D eigenvalue weighted by atomic mass is 16.5. The predicted molar refractivity (Wildman–Crippen MR) is 118 cm³/mol. The molecule has 1 N–H and O–H groups in total. The maximum absolute atomic E-state index is 12.7. The van der Waals surface area contributed by atoms with Crippen molar-refractivity contribution in [2.24, 2.45) is 0 Å². The number of anilines is 1. The first kappa shape index (κ1) is 21.6. The molecule has 1 aliphatic heterocycles. The van der Waals surface area contributed by atoms with Gasteiger partial charge in [-0.2, -0.15) is 5.10 Å². The van der Waals surface area contributed by atoms with Crippen molar-refractivity contribution < 1.29 is 18.8 Å². The van der Waals surface area contributed by atoms with Crippen LogP contribution in [0, 0.1) is 0 Å². The van der Waals surface area contributed by atoms with Crippen molar-refractivity contribution in [1.82, 2.24) is 19.8 Å². The highest BCUT2D eigenvalue weighted by molar-refractivity contribution is 6.03. The smallest absolute Gasteiger partial charge is 0.276 e. The van der Waals surface area contributed by atoms with Gasteiger partial charge in [-0.05, 0) is 43.5 Å². The van der Waals surface area contributed by atoms with Crippen LogP contribution >= 0.6 is 0 Å². The summed E-state index contributed by atoms with van der Waals surface area (Å²) in [6, 6.07) is 10.5. The minimum Gasteiger partial charge on any atom is -0.497 e. The molecule has 0 radical (unpaired) electrons. The van der Waals surface area contributed by atoms with Crippen molar-refractivity contribution in [3.05, 3.63) is 59.6 Å². The monoisotopic (exact) mass is 437 g/mol. The lowest BCUT2D eigenvalue weighted by molar-refractivity contribution is 0.0680. The van der Waals surface area contributed by atoms with Gasteiger partial charge in [0.25, 0.3) is 11.8 Å². The number of rotatable bonds is 7. The maximum atomic E-state index is 12.7. The molecule has 0 atom stereocenters. The average molecular weight is 438 g/mol. The summed E-state index contributed by atoms with van der Waals surface area (Å²) in [6.45, 7) is 3.23. The quantitative estimate of drug-likeness (QED) is 0.606. The summed E-state index contributed by atoms with van der Waals surface area (Å²) < 4.78 is 12.2. The molecule has 0 saturated carbocycles. The van der Waals surface area contributed by atoms with E-state index in [-0.39, 0.29) is 17.9 Å². The highest BCUT2D eigenvalue weighted by Gasteiger charge is 2.28. The molecule has 1 aromatic carbocycles. The second-order valence-corrected chi connectivity index (χ2v) is 7.80. The first-order valence-corrected chi connectivity index (χ1v) is 10.8. The summed E-state index contributed by atoms with van der Waals surface area (Å²) >= 11 is 0. The van der Waals surface area contributed by atoms with E-state index < -0.39 is 0 Å². The van der Waals surface area contributed by atoms with Crippen LogP contribution in [0.15, 0.2) is 47.1 Å². The molecule has 32 heavy (non-hydrogen) atoms. The van der Waals surface area contributed by atoms with Crippen LogP contribution in [0.5, 0.6) is 5.75 Å². The van der Waals surface area contributed by atoms with Crippen molar-refractivity contribution in [3.63, 3.8) is 0 Å². The predicted octanol–water partition coefficient (Wildman–Crippen LogP) is 3.56. The zero-order chi connectivity index (χ0) is 22.5. The Balaban J connectivity index is 1.36. The zero-order valence-corrected chi connectivity index (χ0v) is 18.3. The second kappa shape index (κ2) is 9.67. The van der Waals surface area contributed by atoms with Gasteiger partial charge in [0.2, 0.25) is 0 Å². The molecule has 2 amide bonds. The lowest BCUT2D eigenvalue weighted by Gasteiger charge is -2.32. The Morgan fingerprint density at radius 1 is 1.19 bits per heavy atom. The van der Waals surface area contributed by atoms with Crippen LogP contribution in [-0.4, -0.2) is 51.9 Å². The molecule has 1 aliphatic rings. The van der Waals surface area contributed by atoms with Gasteiger partial charge in [0.15, 0.2) is 5.69 Å². The highest BCUT2D eigenvalue weighted by Crippen LogP contribution is 2.26. The van der Waals surface area contributed by atoms with Gasteiger partial charge in [-0.15, -0.1) is 0 Å². The fourth-order valence-corrected chi connectivity index (χ4v) is 3.89. The lowest BCUT2D eigenvalue weighted by Crippen LogP contribution is -2.39. The molecule has 9 heteroatoms. The zero-order valence-electron chi connectivity index (χ0n) is 18.3. The number of carbonyl (C=O) groups is 2. The standard InChI is InChI=1S/C23H27N5O4/c1-3-4-19-15-20(26-32-19)23(30)27-13-10-17(11-14-27)28-21(9-12-24-28)25-22(29)16-5-7-18(31-2)8-6-16/h5-9,12,15,17H,3-4,10-11,13-14H2,1-2H3,(H,25,29). The van der Waals surface area contributed by atoms with Crippen molar-refractivity contribution in [1.29, 1.82) is 0 Å². The number of ether oxygens (including phenoxy) is 1. The van der Waals surface area contributed by atoms with Gasteiger partial charge in [-0.1, -0.05) is 12.1 Å². The molecule has 9 nitrogen and oxygen atoms in total. The topological polar surface area (TPSA) is 102 Å². The number of hydrogen-bond acceptors (Lipinski definition) is 6. The SMILES string of the molecule is CCCc1cc(C(=O)N2CCC(n3nccc3NC(=O)c3ccc(OC)cc3)CC2)no1. The number of methoxy groups -OCH3 is 1. The lowest BCUT2D eigenvalue weighted by atomic mass is 10.0. The fraction of sp³-hybridized carbons (Fsp3) is 0.391. The largest absolute Gasteiger partial charge is 0.497 e. The van der Waals surface area contributed by atoms with E-state index in [1.54, 1.807) is 54.6 Å². The van der Waals surface area contributed by atoms with E-state index in [4.69, 9.17) is 9.26 Å². The van der Waals surface area contributed by atoms with Crippen LogP contribution in [0.1, 0.15) is 58.8 Å². The minimum atomic E-state index is -0.212. The van der Waals surface area contributed by atoms with Crippen molar-refractivity contribution in [3.8, 4) is 5.75 Å². The Morgan fingerprint density at radius 3 is 2.62 bits per heavy atom. The fourth-order valence-electron chi connectivity index (χ4n) is 3.89. The number of aromatic nitrogens is 3. The van der Waals surface area contributed by atoms with Gasteiger partial charge >= 0.3 is 0 Å². The number of nitrogens with one attached hydrogen (secondary N) is 1. The van der Waals surface area contributed by atoms with E-state index in [9.17, 15) is 9.59 Å². The van der Waals surface area contributed by atoms with Crippen molar-refractivity contribution in [2.45, 2.75) is 38.6 Å². The Kier molecular flexibility index (Phi) is 6.53. The van der Waals surface area contributed by atoms with E-state index in [1.165, 1.54) is 0 Å². The van der Waals surface area contributed by atoms with Crippen molar-refractivity contribution in [2.75, 3.05) is 25.5 Å². The van der Waals surface area contributed by atoms with E-state index in [0.717, 1.165) is 31.4 Å². The maximum Gasteiger partial charge on any atom is 0.276 e. The molecule has 168 valence electrons. The van der Waals surface area contributed by atoms with E-state index in [1.807, 2.05) is 4.68 Å². The Bertz CT molecular complexity index is 1060. The summed E-state index contributed by atoms with van der Waals surface area (Å²) in [5, 5.41) is 11.3.